The minimum absolute atomic E-state index is 0.198. The second-order valence-electron chi connectivity index (χ2n) is 2.81. The molecule has 1 rings (SSSR count). The van der Waals surface area contributed by atoms with E-state index in [2.05, 4.69) is 4.58 Å². The summed E-state index contributed by atoms with van der Waals surface area (Å²) in [5.41, 5.74) is 0. The van der Waals surface area contributed by atoms with Crippen LogP contribution in [0.2, 0.25) is 0 Å². The van der Waals surface area contributed by atoms with Gasteiger partial charge in [-0.3, -0.25) is 4.90 Å². The van der Waals surface area contributed by atoms with E-state index in [0.29, 0.717) is 32.8 Å². The van der Waals surface area contributed by atoms with Crippen molar-refractivity contribution in [3.05, 3.63) is 4.91 Å². The van der Waals surface area contributed by atoms with Crippen LogP contribution in [0, 0.1) is 4.91 Å². The molecule has 0 radical (unpaired) electrons. The lowest BCUT2D eigenvalue weighted by Crippen LogP contribution is -2.38. The molecule has 1 aliphatic heterocycles. The van der Waals surface area contributed by atoms with Crippen molar-refractivity contribution in [1.82, 2.24) is 4.90 Å². The van der Waals surface area contributed by atoms with Gasteiger partial charge in [0, 0.05) is 19.6 Å². The average molecular weight is 208 g/mol. The highest BCUT2D eigenvalue weighted by Crippen LogP contribution is 1.98. The van der Waals surface area contributed by atoms with Crippen LogP contribution in [-0.4, -0.2) is 51.9 Å². The first-order valence-electron chi connectivity index (χ1n) is 4.01. The van der Waals surface area contributed by atoms with E-state index in [4.69, 9.17) is 4.74 Å². The second kappa shape index (κ2) is 4.64. The second-order valence-corrected chi connectivity index (χ2v) is 4.54. The van der Waals surface area contributed by atoms with Crippen LogP contribution in [0.5, 0.6) is 0 Å². The van der Waals surface area contributed by atoms with Crippen LogP contribution in [0.15, 0.2) is 4.58 Å². The van der Waals surface area contributed by atoms with Crippen molar-refractivity contribution in [2.75, 3.05) is 38.6 Å². The molecule has 1 aliphatic rings. The van der Waals surface area contributed by atoms with E-state index in [0.717, 1.165) is 0 Å². The summed E-state index contributed by atoms with van der Waals surface area (Å²) in [4.78, 5) is 11.8. The molecular formula is C6H12N2O4S. The zero-order valence-corrected chi connectivity index (χ0v) is 7.99. The van der Waals surface area contributed by atoms with Gasteiger partial charge in [-0.05, 0) is 0 Å². The van der Waals surface area contributed by atoms with Crippen LogP contribution in [0.3, 0.4) is 0 Å². The Labute approximate surface area is 76.9 Å². The Morgan fingerprint density at radius 1 is 1.31 bits per heavy atom. The zero-order chi connectivity index (χ0) is 9.73. The number of hydrogen-bond donors (Lipinski definition) is 0. The SMILES string of the molecule is O=NS(=O)(=O)CCN1CCOCC1. The van der Waals surface area contributed by atoms with Crippen LogP contribution in [0.1, 0.15) is 0 Å². The van der Waals surface area contributed by atoms with Gasteiger partial charge >= 0.3 is 0 Å². The molecule has 1 fully saturated rings. The van der Waals surface area contributed by atoms with Gasteiger partial charge in [-0.25, -0.2) is 8.42 Å². The Balaban J connectivity index is 2.29. The van der Waals surface area contributed by atoms with E-state index in [9.17, 15) is 13.3 Å². The Hall–Kier alpha value is -0.530. The normalized spacial score (nSPS) is 20.0. The number of hydrogen-bond acceptors (Lipinski definition) is 5. The van der Waals surface area contributed by atoms with Gasteiger partial charge < -0.3 is 4.74 Å². The predicted octanol–water partition coefficient (Wildman–Crippen LogP) is -0.585. The highest BCUT2D eigenvalue weighted by molar-refractivity contribution is 7.90. The monoisotopic (exact) mass is 208 g/mol. The predicted molar refractivity (Wildman–Crippen MR) is 46.8 cm³/mol. The van der Waals surface area contributed by atoms with E-state index in [-0.39, 0.29) is 5.75 Å². The van der Waals surface area contributed by atoms with Gasteiger partial charge in [0.15, 0.2) is 0 Å². The molecule has 6 nitrogen and oxygen atoms in total. The molecule has 0 aromatic heterocycles. The fraction of sp³-hybridized carbons (Fsp3) is 1.00. The average Bonchev–Trinajstić information content (AvgIpc) is 2.17. The molecule has 0 atom stereocenters. The molecule has 0 bridgehead atoms. The van der Waals surface area contributed by atoms with Crippen molar-refractivity contribution >= 4 is 10.0 Å². The first-order valence-corrected chi connectivity index (χ1v) is 5.62. The lowest BCUT2D eigenvalue weighted by atomic mass is 10.4. The quantitative estimate of drug-likeness (QED) is 0.577. The summed E-state index contributed by atoms with van der Waals surface area (Å²) in [6.45, 7) is 3.03. The van der Waals surface area contributed by atoms with Gasteiger partial charge in [-0.2, -0.15) is 0 Å². The first-order chi connectivity index (χ1) is 6.14. The van der Waals surface area contributed by atoms with Crippen molar-refractivity contribution in [2.24, 2.45) is 4.58 Å². The van der Waals surface area contributed by atoms with Gasteiger partial charge in [0.25, 0.3) is 10.0 Å². The molecule has 0 saturated carbocycles. The minimum atomic E-state index is -3.73. The van der Waals surface area contributed by atoms with E-state index < -0.39 is 10.0 Å². The fourth-order valence-electron chi connectivity index (χ4n) is 1.11. The number of nitrogens with zero attached hydrogens (tertiary/aromatic N) is 2. The molecule has 0 spiro atoms. The maximum Gasteiger partial charge on any atom is 0.289 e. The summed E-state index contributed by atoms with van der Waals surface area (Å²) in [6.07, 6.45) is 0. The van der Waals surface area contributed by atoms with E-state index in [1.165, 1.54) is 0 Å². The molecule has 0 unspecified atom stereocenters. The Bertz CT molecular complexity index is 258. The minimum Gasteiger partial charge on any atom is -0.379 e. The highest BCUT2D eigenvalue weighted by Gasteiger charge is 2.15. The molecule has 76 valence electrons. The van der Waals surface area contributed by atoms with Crippen LogP contribution in [-0.2, 0) is 14.8 Å². The highest BCUT2D eigenvalue weighted by atomic mass is 32.2. The van der Waals surface area contributed by atoms with Crippen LogP contribution >= 0.6 is 0 Å². The van der Waals surface area contributed by atoms with Crippen molar-refractivity contribution < 1.29 is 13.2 Å². The largest absolute Gasteiger partial charge is 0.379 e. The van der Waals surface area contributed by atoms with Gasteiger partial charge in [0.1, 0.15) is 0 Å². The summed E-state index contributed by atoms with van der Waals surface area (Å²) >= 11 is 0. The number of nitroso groups, excluding NO2 is 1. The molecule has 1 heterocycles. The van der Waals surface area contributed by atoms with Gasteiger partial charge in [-0.15, -0.1) is 4.91 Å². The summed E-state index contributed by atoms with van der Waals surface area (Å²) in [5.74, 6) is -0.198. The van der Waals surface area contributed by atoms with Gasteiger partial charge in [-0.1, -0.05) is 0 Å². The summed E-state index contributed by atoms with van der Waals surface area (Å²) < 4.78 is 28.6. The molecule has 7 heteroatoms. The van der Waals surface area contributed by atoms with E-state index >= 15 is 0 Å². The van der Waals surface area contributed by atoms with Crippen LogP contribution in [0.25, 0.3) is 0 Å². The smallest absolute Gasteiger partial charge is 0.289 e. The third-order valence-electron chi connectivity index (χ3n) is 1.88. The standard InChI is InChI=1S/C6H12N2O4S/c9-7-13(10,11)6-3-8-1-4-12-5-2-8/h1-6H2. The zero-order valence-electron chi connectivity index (χ0n) is 7.18. The number of sulfonamides is 1. The van der Waals surface area contributed by atoms with E-state index in [1.54, 1.807) is 0 Å². The maximum atomic E-state index is 10.7. The molecular weight excluding hydrogens is 196 g/mol. The Morgan fingerprint density at radius 2 is 1.92 bits per heavy atom. The maximum absolute atomic E-state index is 10.7. The molecule has 1 saturated heterocycles. The van der Waals surface area contributed by atoms with Crippen LogP contribution in [0.4, 0.5) is 0 Å². The lowest BCUT2D eigenvalue weighted by Gasteiger charge is -2.25. The van der Waals surface area contributed by atoms with E-state index in [1.807, 2.05) is 4.90 Å². The topological polar surface area (TPSA) is 76.0 Å². The third-order valence-corrected chi connectivity index (χ3v) is 2.81. The molecule has 0 N–H and O–H groups in total. The van der Waals surface area contributed by atoms with Crippen LogP contribution < -0.4 is 0 Å². The summed E-state index contributed by atoms with van der Waals surface area (Å²) in [5, 5.41) is 0. The number of ether oxygens (including phenoxy) is 1. The molecule has 13 heavy (non-hydrogen) atoms. The molecule has 0 aromatic rings. The van der Waals surface area contributed by atoms with Crippen molar-refractivity contribution in [2.45, 2.75) is 0 Å². The number of morpholine rings is 1. The summed E-state index contributed by atoms with van der Waals surface area (Å²) in [7, 11) is -3.73. The number of rotatable bonds is 4. The lowest BCUT2D eigenvalue weighted by molar-refractivity contribution is 0.0408. The Morgan fingerprint density at radius 3 is 2.46 bits per heavy atom. The van der Waals surface area contributed by atoms with Crippen molar-refractivity contribution in [3.63, 3.8) is 0 Å². The molecule has 0 aliphatic carbocycles. The molecule has 0 amide bonds. The Kier molecular flexibility index (Phi) is 3.76. The van der Waals surface area contributed by atoms with Gasteiger partial charge in [0.2, 0.25) is 0 Å². The third kappa shape index (κ3) is 3.79. The molecule has 0 aromatic carbocycles. The fourth-order valence-corrected chi connectivity index (χ4v) is 1.67. The van der Waals surface area contributed by atoms with Crippen molar-refractivity contribution in [1.29, 1.82) is 0 Å². The summed E-state index contributed by atoms with van der Waals surface area (Å²) in [6, 6.07) is 0. The first kappa shape index (κ1) is 10.6. The van der Waals surface area contributed by atoms with Gasteiger partial charge in [0.05, 0.1) is 23.5 Å². The van der Waals surface area contributed by atoms with Crippen molar-refractivity contribution in [3.8, 4) is 0 Å².